The summed E-state index contributed by atoms with van der Waals surface area (Å²) in [6, 6.07) is 13.6. The Morgan fingerprint density at radius 1 is 1.00 bits per heavy atom. The summed E-state index contributed by atoms with van der Waals surface area (Å²) < 4.78 is 0. The van der Waals surface area contributed by atoms with E-state index in [9.17, 15) is 14.7 Å². The Bertz CT molecular complexity index is 904. The molecule has 2 amide bonds. The third-order valence-corrected chi connectivity index (χ3v) is 3.72. The quantitative estimate of drug-likeness (QED) is 0.514. The number of phenolic OH excluding ortho intramolecular Hbond substituents is 1. The highest BCUT2D eigenvalue weighted by Crippen LogP contribution is 2.14. The summed E-state index contributed by atoms with van der Waals surface area (Å²) in [4.78, 5) is 24.1. The number of aromatic nitrogens is 2. The lowest BCUT2D eigenvalue weighted by molar-refractivity contribution is 0.0949. The normalized spacial score (nSPS) is 10.6. The fourth-order valence-electron chi connectivity index (χ4n) is 2.46. The summed E-state index contributed by atoms with van der Waals surface area (Å²) >= 11 is 0. The highest BCUT2D eigenvalue weighted by atomic mass is 16.3. The number of fused-ring (bicyclic) bond motifs is 1. The number of phenols is 1. The molecule has 0 saturated carbocycles. The van der Waals surface area contributed by atoms with Gasteiger partial charge in [0.25, 0.3) is 11.8 Å². The van der Waals surface area contributed by atoms with Gasteiger partial charge in [-0.25, -0.2) is 0 Å². The molecule has 0 fully saturated rings. The van der Waals surface area contributed by atoms with Gasteiger partial charge in [-0.2, -0.15) is 5.10 Å². The van der Waals surface area contributed by atoms with Crippen LogP contribution in [0.5, 0.6) is 5.75 Å². The molecule has 25 heavy (non-hydrogen) atoms. The second-order valence-corrected chi connectivity index (χ2v) is 5.53. The molecule has 1 aromatic heterocycles. The van der Waals surface area contributed by atoms with Crippen LogP contribution in [0.2, 0.25) is 0 Å². The Labute approximate surface area is 144 Å². The molecule has 0 unspecified atom stereocenters. The van der Waals surface area contributed by atoms with E-state index in [-0.39, 0.29) is 17.6 Å². The first kappa shape index (κ1) is 16.5. The van der Waals surface area contributed by atoms with Crippen molar-refractivity contribution < 1.29 is 14.7 Å². The van der Waals surface area contributed by atoms with Gasteiger partial charge < -0.3 is 15.7 Å². The zero-order chi connectivity index (χ0) is 17.6. The van der Waals surface area contributed by atoms with Gasteiger partial charge in [0.2, 0.25) is 0 Å². The van der Waals surface area contributed by atoms with Crippen LogP contribution >= 0.6 is 0 Å². The zero-order valence-electron chi connectivity index (χ0n) is 13.5. The smallest absolute Gasteiger partial charge is 0.272 e. The van der Waals surface area contributed by atoms with Gasteiger partial charge >= 0.3 is 0 Å². The Balaban J connectivity index is 1.44. The molecule has 7 heteroatoms. The van der Waals surface area contributed by atoms with E-state index in [1.807, 2.05) is 24.3 Å². The third-order valence-electron chi connectivity index (χ3n) is 3.72. The number of amides is 2. The highest BCUT2D eigenvalue weighted by molar-refractivity contribution is 6.04. The van der Waals surface area contributed by atoms with Crippen molar-refractivity contribution in [1.82, 2.24) is 20.8 Å². The molecular weight excluding hydrogens is 320 g/mol. The van der Waals surface area contributed by atoms with Gasteiger partial charge in [-0.1, -0.05) is 24.3 Å². The second-order valence-electron chi connectivity index (χ2n) is 5.53. The molecule has 7 nitrogen and oxygen atoms in total. The number of hydrogen-bond donors (Lipinski definition) is 4. The standard InChI is InChI=1S/C18H18N4O3/c23-13-6-3-5-12(11-13)17(24)19-9-4-10-20-18(25)16-14-7-1-2-8-15(14)21-22-16/h1-3,5-8,11,23H,4,9-10H2,(H,19,24)(H,20,25)(H,21,22). The molecule has 0 saturated heterocycles. The minimum Gasteiger partial charge on any atom is -0.508 e. The van der Waals surface area contributed by atoms with E-state index in [4.69, 9.17) is 0 Å². The number of nitrogens with zero attached hydrogens (tertiary/aromatic N) is 1. The SMILES string of the molecule is O=C(NCCCNC(=O)c1n[nH]c2ccccc12)c1cccc(O)c1. The molecule has 0 aliphatic rings. The van der Waals surface area contributed by atoms with Crippen LogP contribution in [-0.2, 0) is 0 Å². The Hall–Kier alpha value is -3.35. The lowest BCUT2D eigenvalue weighted by Gasteiger charge is -2.06. The van der Waals surface area contributed by atoms with Crippen LogP contribution in [0.3, 0.4) is 0 Å². The summed E-state index contributed by atoms with van der Waals surface area (Å²) in [5.74, 6) is -0.469. The molecular formula is C18H18N4O3. The van der Waals surface area contributed by atoms with Gasteiger partial charge in [0.05, 0.1) is 5.52 Å². The van der Waals surface area contributed by atoms with E-state index in [0.29, 0.717) is 30.8 Å². The molecule has 0 radical (unpaired) electrons. The van der Waals surface area contributed by atoms with E-state index in [1.54, 1.807) is 12.1 Å². The molecule has 3 aromatic rings. The first-order chi connectivity index (χ1) is 12.1. The molecule has 0 spiro atoms. The molecule has 2 aromatic carbocycles. The molecule has 4 N–H and O–H groups in total. The van der Waals surface area contributed by atoms with Crippen LogP contribution in [0.25, 0.3) is 10.9 Å². The minimum absolute atomic E-state index is 0.0474. The highest BCUT2D eigenvalue weighted by Gasteiger charge is 2.13. The molecule has 3 rings (SSSR count). The van der Waals surface area contributed by atoms with Crippen molar-refractivity contribution in [2.45, 2.75) is 6.42 Å². The van der Waals surface area contributed by atoms with Crippen LogP contribution in [0.1, 0.15) is 27.3 Å². The summed E-state index contributed by atoms with van der Waals surface area (Å²) in [6.45, 7) is 0.830. The molecule has 128 valence electrons. The van der Waals surface area contributed by atoms with Crippen LogP contribution in [0, 0.1) is 0 Å². The van der Waals surface area contributed by atoms with Gasteiger partial charge in [0, 0.05) is 24.0 Å². The van der Waals surface area contributed by atoms with E-state index < -0.39 is 0 Å². The topological polar surface area (TPSA) is 107 Å². The number of rotatable bonds is 6. The lowest BCUT2D eigenvalue weighted by Crippen LogP contribution is -2.30. The van der Waals surface area contributed by atoms with Crippen LogP contribution in [-0.4, -0.2) is 40.2 Å². The van der Waals surface area contributed by atoms with Crippen LogP contribution < -0.4 is 10.6 Å². The Morgan fingerprint density at radius 3 is 2.56 bits per heavy atom. The number of carbonyl (C=O) groups excluding carboxylic acids is 2. The third kappa shape index (κ3) is 3.95. The summed E-state index contributed by atoms with van der Waals surface area (Å²) in [5.41, 5.74) is 1.57. The van der Waals surface area contributed by atoms with E-state index in [0.717, 1.165) is 10.9 Å². The number of aromatic amines is 1. The van der Waals surface area contributed by atoms with Gasteiger partial charge in [-0.05, 0) is 30.7 Å². The second kappa shape index (κ2) is 7.48. The molecule has 1 heterocycles. The van der Waals surface area contributed by atoms with Crippen molar-refractivity contribution in [3.05, 3.63) is 59.8 Å². The zero-order valence-corrected chi connectivity index (χ0v) is 13.5. The van der Waals surface area contributed by atoms with Crippen molar-refractivity contribution >= 4 is 22.7 Å². The van der Waals surface area contributed by atoms with Crippen molar-refractivity contribution in [1.29, 1.82) is 0 Å². The van der Waals surface area contributed by atoms with Gasteiger partial charge in [-0.3, -0.25) is 14.7 Å². The predicted molar refractivity (Wildman–Crippen MR) is 93.5 cm³/mol. The Kier molecular flexibility index (Phi) is 4.94. The van der Waals surface area contributed by atoms with E-state index in [2.05, 4.69) is 20.8 Å². The van der Waals surface area contributed by atoms with Crippen molar-refractivity contribution in [2.75, 3.05) is 13.1 Å². The molecule has 0 atom stereocenters. The largest absolute Gasteiger partial charge is 0.508 e. The predicted octanol–water partition coefficient (Wildman–Crippen LogP) is 1.82. The lowest BCUT2D eigenvalue weighted by atomic mass is 10.2. The molecule has 0 aliphatic carbocycles. The maximum absolute atomic E-state index is 12.2. The van der Waals surface area contributed by atoms with Crippen molar-refractivity contribution in [3.63, 3.8) is 0 Å². The average Bonchev–Trinajstić information content (AvgIpc) is 3.05. The number of H-pyrrole nitrogens is 1. The molecule has 0 bridgehead atoms. The number of aromatic hydroxyl groups is 1. The summed E-state index contributed by atoms with van der Waals surface area (Å²) in [5, 5.41) is 22.5. The Morgan fingerprint density at radius 2 is 1.76 bits per heavy atom. The van der Waals surface area contributed by atoms with Gasteiger partial charge in [0.1, 0.15) is 5.75 Å². The van der Waals surface area contributed by atoms with Crippen molar-refractivity contribution in [3.8, 4) is 5.75 Å². The first-order valence-corrected chi connectivity index (χ1v) is 7.93. The van der Waals surface area contributed by atoms with Crippen LogP contribution in [0.15, 0.2) is 48.5 Å². The first-order valence-electron chi connectivity index (χ1n) is 7.93. The van der Waals surface area contributed by atoms with Crippen molar-refractivity contribution in [2.24, 2.45) is 0 Å². The van der Waals surface area contributed by atoms with E-state index >= 15 is 0 Å². The van der Waals surface area contributed by atoms with E-state index in [1.165, 1.54) is 12.1 Å². The monoisotopic (exact) mass is 338 g/mol. The van der Waals surface area contributed by atoms with Gasteiger partial charge in [0.15, 0.2) is 5.69 Å². The fourth-order valence-corrected chi connectivity index (χ4v) is 2.46. The van der Waals surface area contributed by atoms with Crippen LogP contribution in [0.4, 0.5) is 0 Å². The molecule has 0 aliphatic heterocycles. The number of carbonyl (C=O) groups is 2. The van der Waals surface area contributed by atoms with Gasteiger partial charge in [-0.15, -0.1) is 0 Å². The number of benzene rings is 2. The summed E-state index contributed by atoms with van der Waals surface area (Å²) in [6.07, 6.45) is 0.582. The number of hydrogen-bond acceptors (Lipinski definition) is 4. The fraction of sp³-hybridized carbons (Fsp3) is 0.167. The number of para-hydroxylation sites is 1. The minimum atomic E-state index is -0.263. The summed E-state index contributed by atoms with van der Waals surface area (Å²) in [7, 11) is 0. The average molecular weight is 338 g/mol. The maximum Gasteiger partial charge on any atom is 0.272 e. The number of nitrogens with one attached hydrogen (secondary N) is 3. The maximum atomic E-state index is 12.2.